The maximum absolute atomic E-state index is 8.89. The fourth-order valence-corrected chi connectivity index (χ4v) is 1.36. The molecule has 0 radical (unpaired) electrons. The van der Waals surface area contributed by atoms with Crippen molar-refractivity contribution in [2.75, 3.05) is 0 Å². The molecule has 0 fully saturated rings. The van der Waals surface area contributed by atoms with Crippen LogP contribution in [0.15, 0.2) is 18.2 Å². The first kappa shape index (κ1) is 9.76. The first-order chi connectivity index (χ1) is 5.97. The number of nitrogens with two attached hydrogens (primary N) is 1. The number of benzene rings is 1. The zero-order chi connectivity index (χ0) is 10.1. The number of aryl methyl sites for hydroxylation is 2. The molecule has 0 amide bonds. The van der Waals surface area contributed by atoms with Crippen molar-refractivity contribution < 1.29 is 0 Å². The molecule has 2 nitrogen and oxygen atoms in total. The summed E-state index contributed by atoms with van der Waals surface area (Å²) >= 11 is 0. The van der Waals surface area contributed by atoms with Gasteiger partial charge in [-0.25, -0.2) is 0 Å². The van der Waals surface area contributed by atoms with Crippen LogP contribution in [0.1, 0.15) is 23.6 Å². The molecule has 2 heteroatoms. The molecule has 1 aromatic carbocycles. The molecule has 1 atom stereocenters. The molecule has 0 bridgehead atoms. The Hall–Kier alpha value is -1.33. The van der Waals surface area contributed by atoms with E-state index >= 15 is 0 Å². The van der Waals surface area contributed by atoms with Gasteiger partial charge in [0.1, 0.15) is 5.54 Å². The Labute approximate surface area is 79.0 Å². The lowest BCUT2D eigenvalue weighted by molar-refractivity contribution is 0.641. The number of hydrogen-bond donors (Lipinski definition) is 1. The van der Waals surface area contributed by atoms with Gasteiger partial charge in [-0.15, -0.1) is 0 Å². The zero-order valence-corrected chi connectivity index (χ0v) is 8.26. The normalized spacial score (nSPS) is 14.7. The van der Waals surface area contributed by atoms with Gasteiger partial charge in [0.15, 0.2) is 0 Å². The molecule has 0 heterocycles. The first-order valence-electron chi connectivity index (χ1n) is 4.25. The zero-order valence-electron chi connectivity index (χ0n) is 8.26. The number of nitriles is 1. The third-order valence-corrected chi connectivity index (χ3v) is 2.18. The summed E-state index contributed by atoms with van der Waals surface area (Å²) in [5.74, 6) is 0. The van der Waals surface area contributed by atoms with E-state index in [0.717, 1.165) is 16.7 Å². The number of hydrogen-bond acceptors (Lipinski definition) is 2. The van der Waals surface area contributed by atoms with E-state index in [-0.39, 0.29) is 0 Å². The van der Waals surface area contributed by atoms with E-state index < -0.39 is 5.54 Å². The molecule has 0 saturated carbocycles. The fraction of sp³-hybridized carbons (Fsp3) is 0.364. The highest BCUT2D eigenvalue weighted by atomic mass is 14.7. The maximum Gasteiger partial charge on any atom is 0.127 e. The Morgan fingerprint density at radius 1 is 1.38 bits per heavy atom. The minimum Gasteiger partial charge on any atom is -0.310 e. The highest BCUT2D eigenvalue weighted by molar-refractivity contribution is 5.39. The minimum absolute atomic E-state index is 0.879. The summed E-state index contributed by atoms with van der Waals surface area (Å²) in [6.45, 7) is 5.70. The van der Waals surface area contributed by atoms with Crippen LogP contribution in [0.5, 0.6) is 0 Å². The quantitative estimate of drug-likeness (QED) is 0.708. The van der Waals surface area contributed by atoms with Gasteiger partial charge in [0.05, 0.1) is 6.07 Å². The monoisotopic (exact) mass is 174 g/mol. The fourth-order valence-electron chi connectivity index (χ4n) is 1.36. The van der Waals surface area contributed by atoms with Crippen LogP contribution in [0.2, 0.25) is 0 Å². The van der Waals surface area contributed by atoms with E-state index in [4.69, 9.17) is 11.0 Å². The average Bonchev–Trinajstić information content (AvgIpc) is 2.09. The summed E-state index contributed by atoms with van der Waals surface area (Å²) in [4.78, 5) is 0. The second kappa shape index (κ2) is 3.20. The van der Waals surface area contributed by atoms with Gasteiger partial charge in [0, 0.05) is 0 Å². The van der Waals surface area contributed by atoms with Crippen LogP contribution in [-0.2, 0) is 5.54 Å². The van der Waals surface area contributed by atoms with Crippen LogP contribution in [0.4, 0.5) is 0 Å². The van der Waals surface area contributed by atoms with Crippen molar-refractivity contribution in [2.45, 2.75) is 26.3 Å². The smallest absolute Gasteiger partial charge is 0.127 e. The molecule has 0 aliphatic heterocycles. The van der Waals surface area contributed by atoms with Gasteiger partial charge in [0.25, 0.3) is 0 Å². The SMILES string of the molecule is Cc1ccc(C)c([C@](C)(N)C#N)c1. The second-order valence-corrected chi connectivity index (χ2v) is 3.63. The molecule has 0 aliphatic rings. The molecule has 0 aromatic heterocycles. The molecule has 0 saturated heterocycles. The molecule has 0 unspecified atom stereocenters. The van der Waals surface area contributed by atoms with Crippen LogP contribution in [0, 0.1) is 25.2 Å². The van der Waals surface area contributed by atoms with Crippen molar-refractivity contribution in [2.24, 2.45) is 5.73 Å². The first-order valence-corrected chi connectivity index (χ1v) is 4.25. The largest absolute Gasteiger partial charge is 0.310 e. The Morgan fingerprint density at radius 2 is 2.00 bits per heavy atom. The third-order valence-electron chi connectivity index (χ3n) is 2.18. The van der Waals surface area contributed by atoms with Crippen molar-refractivity contribution in [1.29, 1.82) is 5.26 Å². The standard InChI is InChI=1S/C11H14N2/c1-8-4-5-9(2)10(6-8)11(3,13)7-12/h4-6H,13H2,1-3H3/t11-/m1/s1. The van der Waals surface area contributed by atoms with Crippen molar-refractivity contribution in [3.63, 3.8) is 0 Å². The number of rotatable bonds is 1. The van der Waals surface area contributed by atoms with E-state index in [2.05, 4.69) is 6.07 Å². The predicted molar refractivity (Wildman–Crippen MR) is 53.1 cm³/mol. The summed E-state index contributed by atoms with van der Waals surface area (Å²) in [5, 5.41) is 8.89. The highest BCUT2D eigenvalue weighted by Gasteiger charge is 2.22. The Kier molecular flexibility index (Phi) is 2.40. The molecule has 2 N–H and O–H groups in total. The lowest BCUT2D eigenvalue weighted by Gasteiger charge is -2.18. The highest BCUT2D eigenvalue weighted by Crippen LogP contribution is 2.21. The predicted octanol–water partition coefficient (Wildman–Crippen LogP) is 2.00. The molecular formula is C11H14N2. The second-order valence-electron chi connectivity index (χ2n) is 3.63. The summed E-state index contributed by atoms with van der Waals surface area (Å²) in [7, 11) is 0. The van der Waals surface area contributed by atoms with Gasteiger partial charge < -0.3 is 5.73 Å². The van der Waals surface area contributed by atoms with Crippen molar-refractivity contribution in [1.82, 2.24) is 0 Å². The Morgan fingerprint density at radius 3 is 2.54 bits per heavy atom. The van der Waals surface area contributed by atoms with Crippen molar-refractivity contribution >= 4 is 0 Å². The van der Waals surface area contributed by atoms with Gasteiger partial charge >= 0.3 is 0 Å². The van der Waals surface area contributed by atoms with Crippen LogP contribution in [-0.4, -0.2) is 0 Å². The Balaban J connectivity index is 3.30. The van der Waals surface area contributed by atoms with Crippen LogP contribution in [0.25, 0.3) is 0 Å². The molecule has 0 aliphatic carbocycles. The van der Waals surface area contributed by atoms with Crippen molar-refractivity contribution in [3.8, 4) is 6.07 Å². The summed E-state index contributed by atoms with van der Waals surface area (Å²) in [6.07, 6.45) is 0. The lowest BCUT2D eigenvalue weighted by atomic mass is 9.90. The van der Waals surface area contributed by atoms with Crippen molar-refractivity contribution in [3.05, 3.63) is 34.9 Å². The topological polar surface area (TPSA) is 49.8 Å². The van der Waals surface area contributed by atoms with Crippen LogP contribution < -0.4 is 5.73 Å². The van der Waals surface area contributed by atoms with E-state index in [1.807, 2.05) is 32.0 Å². The molecule has 0 spiro atoms. The molecule has 1 aromatic rings. The maximum atomic E-state index is 8.89. The van der Waals surface area contributed by atoms with Gasteiger partial charge in [-0.05, 0) is 31.9 Å². The third kappa shape index (κ3) is 1.88. The molecule has 68 valence electrons. The Bertz CT molecular complexity index is 359. The van der Waals surface area contributed by atoms with Gasteiger partial charge in [-0.3, -0.25) is 0 Å². The van der Waals surface area contributed by atoms with E-state index in [1.165, 1.54) is 0 Å². The minimum atomic E-state index is -0.879. The van der Waals surface area contributed by atoms with Gasteiger partial charge in [0.2, 0.25) is 0 Å². The average molecular weight is 174 g/mol. The van der Waals surface area contributed by atoms with E-state index in [0.29, 0.717) is 0 Å². The lowest BCUT2D eigenvalue weighted by Crippen LogP contribution is -2.31. The van der Waals surface area contributed by atoms with Gasteiger partial charge in [-0.1, -0.05) is 23.8 Å². The van der Waals surface area contributed by atoms with E-state index in [1.54, 1.807) is 6.92 Å². The summed E-state index contributed by atoms with van der Waals surface area (Å²) in [6, 6.07) is 8.09. The summed E-state index contributed by atoms with van der Waals surface area (Å²) in [5.41, 5.74) is 8.08. The van der Waals surface area contributed by atoms with Crippen LogP contribution in [0.3, 0.4) is 0 Å². The van der Waals surface area contributed by atoms with Crippen LogP contribution >= 0.6 is 0 Å². The molecule has 1 rings (SSSR count). The summed E-state index contributed by atoms with van der Waals surface area (Å²) < 4.78 is 0. The molecular weight excluding hydrogens is 160 g/mol. The van der Waals surface area contributed by atoms with Gasteiger partial charge in [-0.2, -0.15) is 5.26 Å². The van der Waals surface area contributed by atoms with E-state index in [9.17, 15) is 0 Å². The molecule has 13 heavy (non-hydrogen) atoms. The number of nitrogens with zero attached hydrogens (tertiary/aromatic N) is 1.